The predicted octanol–water partition coefficient (Wildman–Crippen LogP) is 2.82. The number of carbonyl (C=O) groups excluding carboxylic acids is 1. The summed E-state index contributed by atoms with van der Waals surface area (Å²) in [5, 5.41) is 9.14. The number of carbonyl (C=O) groups is 1. The van der Waals surface area contributed by atoms with E-state index in [0.29, 0.717) is 31.3 Å². The van der Waals surface area contributed by atoms with Gasteiger partial charge in [-0.1, -0.05) is 12.1 Å². The number of aromatic nitrogens is 1. The molecule has 0 unspecified atom stereocenters. The van der Waals surface area contributed by atoms with E-state index >= 15 is 0 Å². The van der Waals surface area contributed by atoms with Gasteiger partial charge < -0.3 is 25.4 Å². The Bertz CT molecular complexity index is 860. The molecule has 3 rings (SSSR count). The monoisotopic (exact) mass is 511 g/mol. The molecule has 1 aliphatic heterocycles. The molecule has 2 aromatic rings. The molecule has 29 heavy (non-hydrogen) atoms. The molecule has 0 spiro atoms. The predicted molar refractivity (Wildman–Crippen MR) is 123 cm³/mol. The number of nitrogens with zero attached hydrogens (tertiary/aromatic N) is 2. The van der Waals surface area contributed by atoms with E-state index in [0.717, 1.165) is 29.3 Å². The number of benzene rings is 1. The molecular weight excluding hydrogens is 485 g/mol. The van der Waals surface area contributed by atoms with Crippen LogP contribution in [0.1, 0.15) is 24.6 Å². The summed E-state index contributed by atoms with van der Waals surface area (Å²) in [5.41, 5.74) is 1.88. The smallest absolute Gasteiger partial charge is 0.231 e. The van der Waals surface area contributed by atoms with Gasteiger partial charge in [-0.05, 0) is 43.7 Å². The lowest BCUT2D eigenvalue weighted by atomic mass is 10.2. The van der Waals surface area contributed by atoms with Crippen molar-refractivity contribution < 1.29 is 14.3 Å². The van der Waals surface area contributed by atoms with Crippen LogP contribution in [0.5, 0.6) is 11.5 Å². The Morgan fingerprint density at radius 2 is 2.00 bits per heavy atom. The summed E-state index contributed by atoms with van der Waals surface area (Å²) in [7, 11) is 0. The molecule has 1 aromatic carbocycles. The first-order valence-electron chi connectivity index (χ1n) is 9.28. The molecule has 0 saturated carbocycles. The van der Waals surface area contributed by atoms with Crippen LogP contribution in [0, 0.1) is 6.92 Å². The van der Waals surface area contributed by atoms with Crippen molar-refractivity contribution in [3.05, 3.63) is 47.7 Å². The van der Waals surface area contributed by atoms with Crippen LogP contribution >= 0.6 is 24.0 Å². The molecule has 0 bridgehead atoms. The molecule has 156 valence electrons. The van der Waals surface area contributed by atoms with Crippen molar-refractivity contribution in [1.82, 2.24) is 15.6 Å². The first-order chi connectivity index (χ1) is 13.6. The summed E-state index contributed by atoms with van der Waals surface area (Å²) >= 11 is 0. The van der Waals surface area contributed by atoms with Gasteiger partial charge in [0.25, 0.3) is 0 Å². The molecular formula is C20H26IN5O3. The minimum absolute atomic E-state index is 0. The second-order valence-corrected chi connectivity index (χ2v) is 6.27. The topological polar surface area (TPSA) is 96.9 Å². The normalized spacial score (nSPS) is 12.1. The average Bonchev–Trinajstić information content (AvgIpc) is 3.14. The van der Waals surface area contributed by atoms with E-state index in [4.69, 9.17) is 9.47 Å². The van der Waals surface area contributed by atoms with Crippen LogP contribution in [0.2, 0.25) is 0 Å². The summed E-state index contributed by atoms with van der Waals surface area (Å²) in [4.78, 5) is 20.9. The fourth-order valence-electron chi connectivity index (χ4n) is 2.66. The van der Waals surface area contributed by atoms with Crippen molar-refractivity contribution in [3.8, 4) is 11.5 Å². The molecule has 2 heterocycles. The number of ether oxygens (including phenoxy) is 2. The number of pyridine rings is 1. The number of fused-ring (bicyclic) bond motifs is 1. The quantitative estimate of drug-likeness (QED) is 0.301. The van der Waals surface area contributed by atoms with Crippen molar-refractivity contribution in [3.63, 3.8) is 0 Å². The zero-order valence-corrected chi connectivity index (χ0v) is 18.9. The molecule has 9 heteroatoms. The molecule has 3 N–H and O–H groups in total. The lowest BCUT2D eigenvalue weighted by Gasteiger charge is -2.11. The number of hydrogen-bond acceptors (Lipinski definition) is 5. The summed E-state index contributed by atoms with van der Waals surface area (Å²) in [6.07, 6.45) is 0.310. The SMILES string of the molecule is CCNC(=NCc1ccc2c(c1)OCO2)NCCC(=O)Nc1cccc(C)n1.I. The van der Waals surface area contributed by atoms with Gasteiger partial charge >= 0.3 is 0 Å². The Morgan fingerprint density at radius 3 is 2.79 bits per heavy atom. The van der Waals surface area contributed by atoms with E-state index in [1.807, 2.05) is 44.2 Å². The summed E-state index contributed by atoms with van der Waals surface area (Å²) < 4.78 is 10.7. The number of anilines is 1. The maximum atomic E-state index is 12.1. The van der Waals surface area contributed by atoms with Gasteiger partial charge in [-0.25, -0.2) is 9.98 Å². The van der Waals surface area contributed by atoms with Gasteiger partial charge in [0, 0.05) is 25.2 Å². The Kier molecular flexibility index (Phi) is 8.97. The number of aryl methyl sites for hydroxylation is 1. The number of halogens is 1. The Morgan fingerprint density at radius 1 is 1.17 bits per heavy atom. The van der Waals surface area contributed by atoms with Crippen LogP contribution in [0.3, 0.4) is 0 Å². The molecule has 1 aromatic heterocycles. The summed E-state index contributed by atoms with van der Waals surface area (Å²) in [5.74, 6) is 2.62. The van der Waals surface area contributed by atoms with Crippen molar-refractivity contribution in [1.29, 1.82) is 0 Å². The van der Waals surface area contributed by atoms with E-state index in [9.17, 15) is 4.79 Å². The zero-order chi connectivity index (χ0) is 19.8. The third-order valence-electron chi connectivity index (χ3n) is 4.00. The largest absolute Gasteiger partial charge is 0.454 e. The number of hydrogen-bond donors (Lipinski definition) is 3. The van der Waals surface area contributed by atoms with E-state index < -0.39 is 0 Å². The van der Waals surface area contributed by atoms with Crippen LogP contribution < -0.4 is 25.4 Å². The number of nitrogens with one attached hydrogen (secondary N) is 3. The number of aliphatic imine (C=N–C) groups is 1. The van der Waals surface area contributed by atoms with E-state index in [1.165, 1.54) is 0 Å². The highest BCUT2D eigenvalue weighted by Gasteiger charge is 2.13. The van der Waals surface area contributed by atoms with E-state index in [1.54, 1.807) is 6.07 Å². The van der Waals surface area contributed by atoms with Gasteiger partial charge in [-0.2, -0.15) is 0 Å². The van der Waals surface area contributed by atoms with Crippen molar-refractivity contribution in [2.45, 2.75) is 26.8 Å². The summed E-state index contributed by atoms with van der Waals surface area (Å²) in [6.45, 7) is 5.82. The first-order valence-corrected chi connectivity index (χ1v) is 9.28. The van der Waals surface area contributed by atoms with Crippen LogP contribution in [0.4, 0.5) is 5.82 Å². The maximum absolute atomic E-state index is 12.1. The van der Waals surface area contributed by atoms with Crippen molar-refractivity contribution in [2.24, 2.45) is 4.99 Å². The lowest BCUT2D eigenvalue weighted by Crippen LogP contribution is -2.38. The lowest BCUT2D eigenvalue weighted by molar-refractivity contribution is -0.116. The summed E-state index contributed by atoms with van der Waals surface area (Å²) in [6, 6.07) is 11.3. The second-order valence-electron chi connectivity index (χ2n) is 6.27. The van der Waals surface area contributed by atoms with Gasteiger partial charge in [0.05, 0.1) is 6.54 Å². The highest BCUT2D eigenvalue weighted by molar-refractivity contribution is 14.0. The fourth-order valence-corrected chi connectivity index (χ4v) is 2.66. The minimum atomic E-state index is -0.0998. The van der Waals surface area contributed by atoms with Crippen molar-refractivity contribution in [2.75, 3.05) is 25.2 Å². The molecule has 0 atom stereocenters. The molecule has 1 aliphatic rings. The standard InChI is InChI=1S/C20H25N5O3.HI/c1-3-21-20(23-12-15-7-8-16-17(11-15)28-13-27-16)22-10-9-19(26)25-18-6-4-5-14(2)24-18;/h4-8,11H,3,9-10,12-13H2,1-2H3,(H2,21,22,23)(H,24,25,26);1H. The molecule has 0 radical (unpaired) electrons. The van der Waals surface area contributed by atoms with Crippen LogP contribution in [0.25, 0.3) is 0 Å². The number of amides is 1. The van der Waals surface area contributed by atoms with E-state index in [-0.39, 0.29) is 36.7 Å². The van der Waals surface area contributed by atoms with Crippen LogP contribution in [-0.4, -0.2) is 36.7 Å². The highest BCUT2D eigenvalue weighted by Crippen LogP contribution is 2.32. The van der Waals surface area contributed by atoms with Gasteiger partial charge in [0.15, 0.2) is 17.5 Å². The third-order valence-corrected chi connectivity index (χ3v) is 4.00. The van der Waals surface area contributed by atoms with Crippen LogP contribution in [-0.2, 0) is 11.3 Å². The highest BCUT2D eigenvalue weighted by atomic mass is 127. The maximum Gasteiger partial charge on any atom is 0.231 e. The third kappa shape index (κ3) is 7.08. The molecule has 1 amide bonds. The Balaban J connectivity index is 0.00000300. The van der Waals surface area contributed by atoms with Gasteiger partial charge in [-0.15, -0.1) is 24.0 Å². The average molecular weight is 511 g/mol. The Labute approximate surface area is 187 Å². The number of guanidine groups is 1. The van der Waals surface area contributed by atoms with Crippen molar-refractivity contribution >= 4 is 41.7 Å². The van der Waals surface area contributed by atoms with Gasteiger partial charge in [-0.3, -0.25) is 4.79 Å². The molecule has 0 fully saturated rings. The van der Waals surface area contributed by atoms with Crippen LogP contribution in [0.15, 0.2) is 41.4 Å². The van der Waals surface area contributed by atoms with Gasteiger partial charge in [0.1, 0.15) is 5.82 Å². The molecule has 0 aliphatic carbocycles. The first kappa shape index (κ1) is 22.7. The molecule has 0 saturated heterocycles. The number of rotatable bonds is 7. The second kappa shape index (κ2) is 11.4. The van der Waals surface area contributed by atoms with E-state index in [2.05, 4.69) is 25.9 Å². The van der Waals surface area contributed by atoms with Gasteiger partial charge in [0.2, 0.25) is 12.7 Å². The minimum Gasteiger partial charge on any atom is -0.454 e. The molecule has 8 nitrogen and oxygen atoms in total. The fraction of sp³-hybridized carbons (Fsp3) is 0.350. The Hall–Kier alpha value is -2.56. The zero-order valence-electron chi connectivity index (χ0n) is 16.5.